The number of aromatic nitrogens is 1. The van der Waals surface area contributed by atoms with Crippen LogP contribution in [0.15, 0.2) is 18.3 Å². The Morgan fingerprint density at radius 1 is 1.46 bits per heavy atom. The van der Waals surface area contributed by atoms with Crippen LogP contribution in [0.25, 0.3) is 0 Å². The van der Waals surface area contributed by atoms with Crippen molar-refractivity contribution in [2.75, 3.05) is 20.3 Å². The van der Waals surface area contributed by atoms with E-state index in [-0.39, 0.29) is 5.75 Å². The molecule has 72 valence electrons. The zero-order valence-electron chi connectivity index (χ0n) is 7.50. The normalized spacial score (nSPS) is 10.0. The second-order valence-electron chi connectivity index (χ2n) is 2.49. The van der Waals surface area contributed by atoms with E-state index >= 15 is 0 Å². The monoisotopic (exact) mass is 185 g/mol. The molecular formula is C9H12FNO2. The molecule has 0 amide bonds. The first-order chi connectivity index (χ1) is 6.34. The van der Waals surface area contributed by atoms with E-state index < -0.39 is 5.95 Å². The minimum atomic E-state index is -0.570. The molecule has 0 radical (unpaired) electrons. The molecule has 4 heteroatoms. The fourth-order valence-corrected chi connectivity index (χ4v) is 0.864. The Balaban J connectivity index is 2.32. The van der Waals surface area contributed by atoms with Crippen LogP contribution in [0.3, 0.4) is 0 Å². The number of methoxy groups -OCH3 is 1. The summed E-state index contributed by atoms with van der Waals surface area (Å²) in [6, 6.07) is 3.18. The maximum atomic E-state index is 12.8. The molecule has 13 heavy (non-hydrogen) atoms. The van der Waals surface area contributed by atoms with Crippen molar-refractivity contribution in [2.24, 2.45) is 0 Å². The molecule has 0 unspecified atom stereocenters. The van der Waals surface area contributed by atoms with Gasteiger partial charge >= 0.3 is 0 Å². The maximum absolute atomic E-state index is 12.8. The Morgan fingerprint density at radius 3 is 3.00 bits per heavy atom. The summed E-state index contributed by atoms with van der Waals surface area (Å²) in [5.41, 5.74) is 0. The van der Waals surface area contributed by atoms with Gasteiger partial charge in [0.25, 0.3) is 5.95 Å². The van der Waals surface area contributed by atoms with E-state index in [9.17, 15) is 4.39 Å². The summed E-state index contributed by atoms with van der Waals surface area (Å²) in [7, 11) is 1.62. The Kier molecular flexibility index (Phi) is 4.18. The summed E-state index contributed by atoms with van der Waals surface area (Å²) in [5.74, 6) is -0.376. The van der Waals surface area contributed by atoms with Gasteiger partial charge in [-0.25, -0.2) is 4.98 Å². The molecule has 0 saturated heterocycles. The van der Waals surface area contributed by atoms with Crippen LogP contribution < -0.4 is 4.74 Å². The molecular weight excluding hydrogens is 173 g/mol. The van der Waals surface area contributed by atoms with Gasteiger partial charge in [-0.2, -0.15) is 4.39 Å². The lowest BCUT2D eigenvalue weighted by atomic mass is 10.4. The summed E-state index contributed by atoms with van der Waals surface area (Å²) >= 11 is 0. The third-order valence-corrected chi connectivity index (χ3v) is 1.48. The standard InChI is InChI=1S/C9H12FNO2/c1-12-6-3-7-13-8-4-2-5-11-9(8)10/h2,4-5H,3,6-7H2,1H3. The highest BCUT2D eigenvalue weighted by Crippen LogP contribution is 2.12. The lowest BCUT2D eigenvalue weighted by Gasteiger charge is -2.04. The SMILES string of the molecule is COCCCOc1cccnc1F. The van der Waals surface area contributed by atoms with Crippen LogP contribution in [0, 0.1) is 5.95 Å². The number of halogens is 1. The first-order valence-corrected chi connectivity index (χ1v) is 4.07. The Hall–Kier alpha value is -1.16. The predicted octanol–water partition coefficient (Wildman–Crippen LogP) is 1.64. The highest BCUT2D eigenvalue weighted by atomic mass is 19.1. The number of ether oxygens (including phenoxy) is 2. The first-order valence-electron chi connectivity index (χ1n) is 4.07. The largest absolute Gasteiger partial charge is 0.489 e. The molecule has 0 N–H and O–H groups in total. The van der Waals surface area contributed by atoms with Crippen molar-refractivity contribution in [2.45, 2.75) is 6.42 Å². The smallest absolute Gasteiger partial charge is 0.255 e. The van der Waals surface area contributed by atoms with Gasteiger partial charge in [-0.15, -0.1) is 0 Å². The van der Waals surface area contributed by atoms with Crippen LogP contribution in [-0.2, 0) is 4.74 Å². The topological polar surface area (TPSA) is 31.4 Å². The molecule has 0 fully saturated rings. The molecule has 0 aliphatic carbocycles. The van der Waals surface area contributed by atoms with Gasteiger partial charge in [0.1, 0.15) is 0 Å². The summed E-state index contributed by atoms with van der Waals surface area (Å²) in [6.07, 6.45) is 2.13. The van der Waals surface area contributed by atoms with Gasteiger partial charge < -0.3 is 9.47 Å². The second kappa shape index (κ2) is 5.48. The third kappa shape index (κ3) is 3.38. The molecule has 1 rings (SSSR count). The zero-order valence-corrected chi connectivity index (χ0v) is 7.50. The Morgan fingerprint density at radius 2 is 2.31 bits per heavy atom. The number of rotatable bonds is 5. The fourth-order valence-electron chi connectivity index (χ4n) is 0.864. The molecule has 3 nitrogen and oxygen atoms in total. The van der Waals surface area contributed by atoms with Gasteiger partial charge in [-0.3, -0.25) is 0 Å². The van der Waals surface area contributed by atoms with Crippen LogP contribution in [0.4, 0.5) is 4.39 Å². The molecule has 1 heterocycles. The van der Waals surface area contributed by atoms with Crippen molar-refractivity contribution in [1.82, 2.24) is 4.98 Å². The number of hydrogen-bond acceptors (Lipinski definition) is 3. The average Bonchev–Trinajstić information content (AvgIpc) is 2.15. The molecule has 1 aromatic rings. The molecule has 0 aliphatic heterocycles. The number of nitrogens with zero attached hydrogens (tertiary/aromatic N) is 1. The van der Waals surface area contributed by atoms with Gasteiger partial charge in [0.2, 0.25) is 0 Å². The molecule has 0 aromatic carbocycles. The lowest BCUT2D eigenvalue weighted by molar-refractivity contribution is 0.170. The predicted molar refractivity (Wildman–Crippen MR) is 46.2 cm³/mol. The number of hydrogen-bond donors (Lipinski definition) is 0. The van der Waals surface area contributed by atoms with Gasteiger partial charge in [0.15, 0.2) is 5.75 Å². The van der Waals surface area contributed by atoms with Crippen LogP contribution in [0.5, 0.6) is 5.75 Å². The summed E-state index contributed by atoms with van der Waals surface area (Å²) in [4.78, 5) is 3.46. The summed E-state index contributed by atoms with van der Waals surface area (Å²) in [5, 5.41) is 0. The van der Waals surface area contributed by atoms with Crippen molar-refractivity contribution in [3.63, 3.8) is 0 Å². The molecule has 0 spiro atoms. The highest BCUT2D eigenvalue weighted by Gasteiger charge is 2.01. The highest BCUT2D eigenvalue weighted by molar-refractivity contribution is 5.17. The third-order valence-electron chi connectivity index (χ3n) is 1.48. The Bertz CT molecular complexity index is 255. The van der Waals surface area contributed by atoms with Crippen molar-refractivity contribution in [1.29, 1.82) is 0 Å². The molecule has 0 bridgehead atoms. The molecule has 0 atom stereocenters. The summed E-state index contributed by atoms with van der Waals surface area (Å²) in [6.45, 7) is 1.05. The van der Waals surface area contributed by atoms with Gasteiger partial charge in [-0.1, -0.05) is 0 Å². The van der Waals surface area contributed by atoms with E-state index in [1.807, 2.05) is 0 Å². The molecule has 0 aliphatic rings. The van der Waals surface area contributed by atoms with Crippen molar-refractivity contribution in [3.8, 4) is 5.75 Å². The average molecular weight is 185 g/mol. The molecule has 1 aromatic heterocycles. The first kappa shape index (κ1) is 9.92. The van der Waals surface area contributed by atoms with Crippen molar-refractivity contribution >= 4 is 0 Å². The minimum Gasteiger partial charge on any atom is -0.489 e. The van der Waals surface area contributed by atoms with Gasteiger partial charge in [0, 0.05) is 26.3 Å². The number of pyridine rings is 1. The van der Waals surface area contributed by atoms with E-state index in [1.54, 1.807) is 19.2 Å². The molecule has 0 saturated carbocycles. The van der Waals surface area contributed by atoms with Crippen LogP contribution in [0.1, 0.15) is 6.42 Å². The minimum absolute atomic E-state index is 0.193. The van der Waals surface area contributed by atoms with E-state index in [4.69, 9.17) is 9.47 Å². The lowest BCUT2D eigenvalue weighted by Crippen LogP contribution is -2.03. The maximum Gasteiger partial charge on any atom is 0.255 e. The van der Waals surface area contributed by atoms with E-state index in [1.165, 1.54) is 6.20 Å². The van der Waals surface area contributed by atoms with E-state index in [2.05, 4.69) is 4.98 Å². The van der Waals surface area contributed by atoms with Crippen LogP contribution >= 0.6 is 0 Å². The van der Waals surface area contributed by atoms with Crippen molar-refractivity contribution < 1.29 is 13.9 Å². The van der Waals surface area contributed by atoms with Gasteiger partial charge in [0.05, 0.1) is 6.61 Å². The zero-order chi connectivity index (χ0) is 9.52. The van der Waals surface area contributed by atoms with E-state index in [0.717, 1.165) is 6.42 Å². The van der Waals surface area contributed by atoms with Crippen LogP contribution in [-0.4, -0.2) is 25.3 Å². The van der Waals surface area contributed by atoms with Crippen LogP contribution in [0.2, 0.25) is 0 Å². The van der Waals surface area contributed by atoms with Gasteiger partial charge in [-0.05, 0) is 12.1 Å². The quantitative estimate of drug-likeness (QED) is 0.516. The summed E-state index contributed by atoms with van der Waals surface area (Å²) < 4.78 is 22.8. The van der Waals surface area contributed by atoms with Crippen molar-refractivity contribution in [3.05, 3.63) is 24.3 Å². The fraction of sp³-hybridized carbons (Fsp3) is 0.444. The Labute approximate surface area is 76.5 Å². The second-order valence-corrected chi connectivity index (χ2v) is 2.49. The van der Waals surface area contributed by atoms with E-state index in [0.29, 0.717) is 13.2 Å².